The average molecular weight is 327 g/mol. The highest BCUT2D eigenvalue weighted by Crippen LogP contribution is 2.36. The molecule has 7 heteroatoms. The van der Waals surface area contributed by atoms with Crippen LogP contribution in [-0.2, 0) is 10.0 Å². The normalized spacial score (nSPS) is 20.0. The average Bonchev–Trinajstić information content (AvgIpc) is 3.07. The molecule has 0 spiro atoms. The Hall–Kier alpha value is -1.37. The minimum Gasteiger partial charge on any atom is -0.361 e. The van der Waals surface area contributed by atoms with Crippen LogP contribution in [-0.4, -0.2) is 24.4 Å². The molecule has 1 aliphatic heterocycles. The van der Waals surface area contributed by atoms with E-state index in [-0.39, 0.29) is 10.9 Å². The van der Waals surface area contributed by atoms with Gasteiger partial charge in [-0.05, 0) is 44.0 Å². The van der Waals surface area contributed by atoms with Crippen molar-refractivity contribution < 1.29 is 12.9 Å². The molecule has 0 aliphatic carbocycles. The summed E-state index contributed by atoms with van der Waals surface area (Å²) in [7, 11) is -3.55. The van der Waals surface area contributed by atoms with E-state index in [1.807, 2.05) is 0 Å². The Balaban J connectivity index is 1.96. The molecule has 1 aromatic carbocycles. The van der Waals surface area contributed by atoms with Crippen molar-refractivity contribution in [3.05, 3.63) is 46.8 Å². The van der Waals surface area contributed by atoms with Gasteiger partial charge in [0.25, 0.3) is 0 Å². The van der Waals surface area contributed by atoms with Gasteiger partial charge in [0.2, 0.25) is 10.0 Å². The van der Waals surface area contributed by atoms with E-state index >= 15 is 0 Å². The van der Waals surface area contributed by atoms with Crippen molar-refractivity contribution in [2.24, 2.45) is 0 Å². The summed E-state index contributed by atoms with van der Waals surface area (Å²) < 4.78 is 32.1. The maximum Gasteiger partial charge on any atom is 0.243 e. The molecule has 21 heavy (non-hydrogen) atoms. The van der Waals surface area contributed by atoms with Gasteiger partial charge in [0.05, 0.1) is 10.9 Å². The second-order valence-corrected chi connectivity index (χ2v) is 7.42. The quantitative estimate of drug-likeness (QED) is 0.869. The van der Waals surface area contributed by atoms with E-state index in [0.717, 1.165) is 12.8 Å². The molecule has 2 heterocycles. The van der Waals surface area contributed by atoms with E-state index in [1.165, 1.54) is 16.4 Å². The lowest BCUT2D eigenvalue weighted by Gasteiger charge is -2.22. The molecule has 5 nitrogen and oxygen atoms in total. The monoisotopic (exact) mass is 326 g/mol. The molecule has 1 unspecified atom stereocenters. The van der Waals surface area contributed by atoms with Gasteiger partial charge in [-0.3, -0.25) is 0 Å². The first-order valence-electron chi connectivity index (χ1n) is 6.69. The van der Waals surface area contributed by atoms with Gasteiger partial charge in [0.1, 0.15) is 11.5 Å². The third-order valence-electron chi connectivity index (χ3n) is 3.61. The molecular formula is C14H15ClN2O3S. The second-order valence-electron chi connectivity index (χ2n) is 5.09. The van der Waals surface area contributed by atoms with Crippen molar-refractivity contribution in [2.45, 2.75) is 30.7 Å². The Kier molecular flexibility index (Phi) is 3.77. The SMILES string of the molecule is Cc1cc(C2CCCN2S(=O)(=O)c2ccc(Cl)cc2)no1. The number of hydrogen-bond acceptors (Lipinski definition) is 4. The fourth-order valence-electron chi connectivity index (χ4n) is 2.61. The number of benzene rings is 1. The van der Waals surface area contributed by atoms with Crippen LogP contribution in [0.15, 0.2) is 39.8 Å². The Labute approximate surface area is 128 Å². The summed E-state index contributed by atoms with van der Waals surface area (Å²) in [5.41, 5.74) is 0.669. The number of halogens is 1. The van der Waals surface area contributed by atoms with Crippen LogP contribution in [0.4, 0.5) is 0 Å². The van der Waals surface area contributed by atoms with Crippen LogP contribution in [0, 0.1) is 6.92 Å². The Morgan fingerprint density at radius 3 is 2.67 bits per heavy atom. The lowest BCUT2D eigenvalue weighted by atomic mass is 10.1. The molecule has 0 saturated carbocycles. The maximum absolute atomic E-state index is 12.8. The van der Waals surface area contributed by atoms with E-state index in [2.05, 4.69) is 5.16 Å². The standard InChI is InChI=1S/C14H15ClN2O3S/c1-10-9-13(16-20-10)14-3-2-8-17(14)21(18,19)12-6-4-11(15)5-7-12/h4-7,9,14H,2-3,8H2,1H3. The van der Waals surface area contributed by atoms with Crippen molar-refractivity contribution in [3.63, 3.8) is 0 Å². The molecule has 0 amide bonds. The zero-order valence-corrected chi connectivity index (χ0v) is 13.1. The van der Waals surface area contributed by atoms with Crippen molar-refractivity contribution in [1.29, 1.82) is 0 Å². The number of aromatic nitrogens is 1. The van der Waals surface area contributed by atoms with Gasteiger partial charge in [0, 0.05) is 17.6 Å². The van der Waals surface area contributed by atoms with E-state index in [1.54, 1.807) is 25.1 Å². The molecule has 0 N–H and O–H groups in total. The maximum atomic E-state index is 12.8. The Morgan fingerprint density at radius 2 is 2.05 bits per heavy atom. The van der Waals surface area contributed by atoms with Crippen LogP contribution in [0.2, 0.25) is 5.02 Å². The first kappa shape index (κ1) is 14.6. The van der Waals surface area contributed by atoms with Gasteiger partial charge in [0.15, 0.2) is 0 Å². The molecule has 2 aromatic rings. The summed E-state index contributed by atoms with van der Waals surface area (Å²) in [5, 5.41) is 4.48. The Morgan fingerprint density at radius 1 is 1.33 bits per heavy atom. The van der Waals surface area contributed by atoms with Gasteiger partial charge < -0.3 is 4.52 Å². The highest BCUT2D eigenvalue weighted by atomic mass is 35.5. The predicted molar refractivity (Wildman–Crippen MR) is 78.6 cm³/mol. The minimum atomic E-state index is -3.55. The van der Waals surface area contributed by atoms with Crippen molar-refractivity contribution in [2.75, 3.05) is 6.54 Å². The summed E-state index contributed by atoms with van der Waals surface area (Å²) in [4.78, 5) is 0.249. The van der Waals surface area contributed by atoms with Gasteiger partial charge in [-0.2, -0.15) is 4.31 Å². The number of hydrogen-bond donors (Lipinski definition) is 0. The molecule has 0 radical (unpaired) electrons. The summed E-state index contributed by atoms with van der Waals surface area (Å²) in [6, 6.07) is 7.75. The number of rotatable bonds is 3. The van der Waals surface area contributed by atoms with E-state index < -0.39 is 10.0 Å². The Bertz CT molecular complexity index is 740. The van der Waals surface area contributed by atoms with Crippen LogP contribution in [0.1, 0.15) is 30.3 Å². The minimum absolute atomic E-state index is 0.249. The van der Waals surface area contributed by atoms with Crippen molar-refractivity contribution in [3.8, 4) is 0 Å². The smallest absolute Gasteiger partial charge is 0.243 e. The van der Waals surface area contributed by atoms with Crippen LogP contribution in [0.25, 0.3) is 0 Å². The highest BCUT2D eigenvalue weighted by molar-refractivity contribution is 7.89. The molecule has 3 rings (SSSR count). The first-order chi connectivity index (χ1) is 9.98. The van der Waals surface area contributed by atoms with Gasteiger partial charge in [-0.25, -0.2) is 8.42 Å². The van der Waals surface area contributed by atoms with Crippen LogP contribution >= 0.6 is 11.6 Å². The zero-order chi connectivity index (χ0) is 15.0. The fraction of sp³-hybridized carbons (Fsp3) is 0.357. The van der Waals surface area contributed by atoms with E-state index in [4.69, 9.17) is 16.1 Å². The number of sulfonamides is 1. The third kappa shape index (κ3) is 2.71. The van der Waals surface area contributed by atoms with Crippen molar-refractivity contribution >= 4 is 21.6 Å². The van der Waals surface area contributed by atoms with Gasteiger partial charge in [-0.1, -0.05) is 16.8 Å². The van der Waals surface area contributed by atoms with Gasteiger partial charge >= 0.3 is 0 Å². The summed E-state index contributed by atoms with van der Waals surface area (Å²) in [6.45, 7) is 2.28. The van der Waals surface area contributed by atoms with Crippen LogP contribution < -0.4 is 0 Å². The van der Waals surface area contributed by atoms with Crippen molar-refractivity contribution in [1.82, 2.24) is 9.46 Å². The van der Waals surface area contributed by atoms with Crippen LogP contribution in [0.5, 0.6) is 0 Å². The topological polar surface area (TPSA) is 63.4 Å². The summed E-state index contributed by atoms with van der Waals surface area (Å²) in [5.74, 6) is 0.681. The lowest BCUT2D eigenvalue weighted by molar-refractivity contribution is 0.349. The molecule has 112 valence electrons. The molecule has 0 bridgehead atoms. The largest absolute Gasteiger partial charge is 0.361 e. The molecule has 1 atom stereocenters. The molecule has 1 aliphatic rings. The zero-order valence-electron chi connectivity index (χ0n) is 11.5. The highest BCUT2D eigenvalue weighted by Gasteiger charge is 2.37. The number of nitrogens with zero attached hydrogens (tertiary/aromatic N) is 2. The van der Waals surface area contributed by atoms with E-state index in [9.17, 15) is 8.42 Å². The number of aryl methyl sites for hydroxylation is 1. The molecule has 1 aromatic heterocycles. The third-order valence-corrected chi connectivity index (χ3v) is 5.79. The first-order valence-corrected chi connectivity index (χ1v) is 8.51. The predicted octanol–water partition coefficient (Wildman–Crippen LogP) is 3.16. The summed E-state index contributed by atoms with van der Waals surface area (Å²) in [6.07, 6.45) is 1.56. The summed E-state index contributed by atoms with van der Waals surface area (Å²) >= 11 is 5.82. The van der Waals surface area contributed by atoms with E-state index in [0.29, 0.717) is 23.0 Å². The second kappa shape index (κ2) is 5.44. The molecular weight excluding hydrogens is 312 g/mol. The van der Waals surface area contributed by atoms with Gasteiger partial charge in [-0.15, -0.1) is 0 Å². The molecule has 1 fully saturated rings. The van der Waals surface area contributed by atoms with Crippen LogP contribution in [0.3, 0.4) is 0 Å². The lowest BCUT2D eigenvalue weighted by Crippen LogP contribution is -2.30. The fourth-order valence-corrected chi connectivity index (χ4v) is 4.40. The molecule has 1 saturated heterocycles.